The minimum atomic E-state index is -0.121. The molecule has 84 valence electrons. The number of aliphatic hydroxyl groups is 1. The van der Waals surface area contributed by atoms with Crippen LogP contribution in [-0.4, -0.2) is 24.2 Å². The van der Waals surface area contributed by atoms with Crippen LogP contribution in [-0.2, 0) is 0 Å². The maximum Gasteiger partial charge on any atom is 0.253 e. The summed E-state index contributed by atoms with van der Waals surface area (Å²) in [6.07, 6.45) is 0. The van der Waals surface area contributed by atoms with Crippen LogP contribution in [0.3, 0.4) is 0 Å². The van der Waals surface area contributed by atoms with Crippen molar-refractivity contribution in [1.29, 1.82) is 0 Å². The van der Waals surface area contributed by atoms with E-state index in [0.29, 0.717) is 12.1 Å². The van der Waals surface area contributed by atoms with Gasteiger partial charge in [0, 0.05) is 13.2 Å². The van der Waals surface area contributed by atoms with Gasteiger partial charge in [0.15, 0.2) is 0 Å². The number of carbonyl (C=O) groups excluding carboxylic acids is 1. The summed E-state index contributed by atoms with van der Waals surface area (Å²) >= 11 is 8.09. The SMILES string of the molecule is CC(CO)CNC(=O)c1cc(Br)sc1Br. The van der Waals surface area contributed by atoms with Gasteiger partial charge in [-0.2, -0.15) is 0 Å². The first-order valence-electron chi connectivity index (χ1n) is 4.38. The molecule has 0 spiro atoms. The lowest BCUT2D eigenvalue weighted by Crippen LogP contribution is -2.29. The molecule has 0 saturated carbocycles. The lowest BCUT2D eigenvalue weighted by Gasteiger charge is -2.08. The number of aliphatic hydroxyl groups excluding tert-OH is 1. The van der Waals surface area contributed by atoms with Gasteiger partial charge < -0.3 is 10.4 Å². The highest BCUT2D eigenvalue weighted by Crippen LogP contribution is 2.31. The zero-order valence-corrected chi connectivity index (χ0v) is 12.1. The molecule has 1 unspecified atom stereocenters. The highest BCUT2D eigenvalue weighted by atomic mass is 79.9. The van der Waals surface area contributed by atoms with Crippen LogP contribution < -0.4 is 5.32 Å². The van der Waals surface area contributed by atoms with E-state index in [0.717, 1.165) is 7.57 Å². The molecular formula is C9H11Br2NO2S. The number of hydrogen-bond donors (Lipinski definition) is 2. The average Bonchev–Trinajstić information content (AvgIpc) is 2.53. The van der Waals surface area contributed by atoms with E-state index in [-0.39, 0.29) is 18.4 Å². The summed E-state index contributed by atoms with van der Waals surface area (Å²) in [5.74, 6) is -0.0427. The number of halogens is 2. The van der Waals surface area contributed by atoms with E-state index < -0.39 is 0 Å². The van der Waals surface area contributed by atoms with E-state index in [2.05, 4.69) is 37.2 Å². The van der Waals surface area contributed by atoms with Gasteiger partial charge in [0.1, 0.15) is 0 Å². The molecule has 1 atom stereocenters. The molecule has 2 N–H and O–H groups in total. The van der Waals surface area contributed by atoms with Gasteiger partial charge in [-0.15, -0.1) is 11.3 Å². The lowest BCUT2D eigenvalue weighted by molar-refractivity contribution is 0.0942. The Kier molecular flexibility index (Phi) is 5.25. The maximum absolute atomic E-state index is 11.7. The fourth-order valence-corrected chi connectivity index (χ4v) is 3.72. The van der Waals surface area contributed by atoms with Crippen LogP contribution in [0, 0.1) is 5.92 Å². The van der Waals surface area contributed by atoms with Crippen molar-refractivity contribution in [3.63, 3.8) is 0 Å². The molecule has 3 nitrogen and oxygen atoms in total. The van der Waals surface area contributed by atoms with E-state index in [1.807, 2.05) is 6.92 Å². The van der Waals surface area contributed by atoms with E-state index >= 15 is 0 Å². The number of hydrogen-bond acceptors (Lipinski definition) is 3. The first-order valence-corrected chi connectivity index (χ1v) is 6.78. The monoisotopic (exact) mass is 355 g/mol. The minimum Gasteiger partial charge on any atom is -0.396 e. The summed E-state index contributed by atoms with van der Waals surface area (Å²) in [6.45, 7) is 2.43. The second-order valence-electron chi connectivity index (χ2n) is 3.24. The van der Waals surface area contributed by atoms with E-state index in [9.17, 15) is 4.79 Å². The van der Waals surface area contributed by atoms with Crippen molar-refractivity contribution in [2.45, 2.75) is 6.92 Å². The van der Waals surface area contributed by atoms with Crippen molar-refractivity contribution >= 4 is 49.1 Å². The van der Waals surface area contributed by atoms with Gasteiger partial charge in [0.05, 0.1) is 13.1 Å². The molecule has 0 aliphatic rings. The van der Waals surface area contributed by atoms with Crippen molar-refractivity contribution in [3.8, 4) is 0 Å². The zero-order valence-electron chi connectivity index (χ0n) is 8.09. The Morgan fingerprint density at radius 2 is 2.33 bits per heavy atom. The molecule has 6 heteroatoms. The highest BCUT2D eigenvalue weighted by Gasteiger charge is 2.13. The Balaban J connectivity index is 2.58. The standard InChI is InChI=1S/C9H11Br2NO2S/c1-5(4-13)3-12-9(14)6-2-7(10)15-8(6)11/h2,5,13H,3-4H2,1H3,(H,12,14). The second kappa shape index (κ2) is 5.98. The summed E-state index contributed by atoms with van der Waals surface area (Å²) < 4.78 is 1.72. The maximum atomic E-state index is 11.7. The van der Waals surface area contributed by atoms with Gasteiger partial charge >= 0.3 is 0 Å². The first-order chi connectivity index (χ1) is 7.04. The summed E-state index contributed by atoms with van der Waals surface area (Å²) in [5.41, 5.74) is 0.622. The average molecular weight is 357 g/mol. The Morgan fingerprint density at radius 3 is 2.80 bits per heavy atom. The molecule has 15 heavy (non-hydrogen) atoms. The third-order valence-corrected chi connectivity index (χ3v) is 4.16. The van der Waals surface area contributed by atoms with E-state index in [1.54, 1.807) is 6.07 Å². The van der Waals surface area contributed by atoms with Crippen LogP contribution in [0.2, 0.25) is 0 Å². The first kappa shape index (κ1) is 13.2. The van der Waals surface area contributed by atoms with Gasteiger partial charge in [-0.3, -0.25) is 4.79 Å². The van der Waals surface area contributed by atoms with Crippen molar-refractivity contribution in [1.82, 2.24) is 5.32 Å². The molecule has 1 aromatic heterocycles. The Morgan fingerprint density at radius 1 is 1.67 bits per heavy atom. The lowest BCUT2D eigenvalue weighted by atomic mass is 10.2. The largest absolute Gasteiger partial charge is 0.396 e. The van der Waals surface area contributed by atoms with Gasteiger partial charge in [0.25, 0.3) is 5.91 Å². The van der Waals surface area contributed by atoms with Crippen LogP contribution in [0.1, 0.15) is 17.3 Å². The minimum absolute atomic E-state index is 0.0782. The van der Waals surface area contributed by atoms with Gasteiger partial charge in [-0.25, -0.2) is 0 Å². The molecule has 0 fully saturated rings. The van der Waals surface area contributed by atoms with Crippen LogP contribution in [0.15, 0.2) is 13.6 Å². The molecule has 1 heterocycles. The topological polar surface area (TPSA) is 49.3 Å². The van der Waals surface area contributed by atoms with Crippen molar-refractivity contribution < 1.29 is 9.90 Å². The molecule has 1 rings (SSSR count). The molecule has 0 aliphatic carbocycles. The normalized spacial score (nSPS) is 12.5. The van der Waals surface area contributed by atoms with Gasteiger partial charge in [-0.05, 0) is 43.8 Å². The Hall–Kier alpha value is 0.0900. The van der Waals surface area contributed by atoms with Gasteiger partial charge in [-0.1, -0.05) is 6.92 Å². The molecule has 0 bridgehead atoms. The molecule has 0 aliphatic heterocycles. The molecule has 0 saturated heterocycles. The number of amides is 1. The second-order valence-corrected chi connectivity index (χ2v) is 6.98. The quantitative estimate of drug-likeness (QED) is 0.871. The number of carbonyl (C=O) groups is 1. The predicted molar refractivity (Wildman–Crippen MR) is 68.3 cm³/mol. The molecular weight excluding hydrogens is 346 g/mol. The third kappa shape index (κ3) is 3.86. The fraction of sp³-hybridized carbons (Fsp3) is 0.444. The Bertz CT molecular complexity index is 354. The van der Waals surface area contributed by atoms with Crippen molar-refractivity contribution in [2.24, 2.45) is 5.92 Å². The van der Waals surface area contributed by atoms with E-state index in [4.69, 9.17) is 5.11 Å². The zero-order chi connectivity index (χ0) is 11.4. The Labute approximate surface area is 109 Å². The highest BCUT2D eigenvalue weighted by molar-refractivity contribution is 9.12. The van der Waals surface area contributed by atoms with Crippen LogP contribution in [0.25, 0.3) is 0 Å². The van der Waals surface area contributed by atoms with Crippen LogP contribution in [0.4, 0.5) is 0 Å². The van der Waals surface area contributed by atoms with E-state index in [1.165, 1.54) is 11.3 Å². The predicted octanol–water partition coefficient (Wildman–Crippen LogP) is 2.63. The molecule has 0 aromatic carbocycles. The summed E-state index contributed by atoms with van der Waals surface area (Å²) in [6, 6.07) is 1.77. The third-order valence-electron chi connectivity index (χ3n) is 1.82. The van der Waals surface area contributed by atoms with Crippen LogP contribution in [0.5, 0.6) is 0 Å². The molecule has 1 aromatic rings. The molecule has 0 radical (unpaired) electrons. The number of rotatable bonds is 4. The van der Waals surface area contributed by atoms with Crippen molar-refractivity contribution in [2.75, 3.05) is 13.2 Å². The van der Waals surface area contributed by atoms with Crippen molar-refractivity contribution in [3.05, 3.63) is 19.2 Å². The number of nitrogens with one attached hydrogen (secondary N) is 1. The number of thiophene rings is 1. The summed E-state index contributed by atoms with van der Waals surface area (Å²) in [4.78, 5) is 11.7. The summed E-state index contributed by atoms with van der Waals surface area (Å²) in [5, 5.41) is 11.6. The fourth-order valence-electron chi connectivity index (χ4n) is 0.922. The van der Waals surface area contributed by atoms with Crippen LogP contribution >= 0.6 is 43.2 Å². The summed E-state index contributed by atoms with van der Waals surface area (Å²) in [7, 11) is 0. The smallest absolute Gasteiger partial charge is 0.253 e. The van der Waals surface area contributed by atoms with Gasteiger partial charge in [0.2, 0.25) is 0 Å². The molecule has 1 amide bonds.